The largest absolute Gasteiger partial charge is 0.254 e. The van der Waals surface area contributed by atoms with E-state index in [1.54, 1.807) is 6.20 Å². The van der Waals surface area contributed by atoms with Crippen molar-refractivity contribution in [1.29, 1.82) is 0 Å². The third-order valence-electron chi connectivity index (χ3n) is 2.21. The Balaban J connectivity index is 2.61. The lowest BCUT2D eigenvalue weighted by atomic mass is 10.2. The van der Waals surface area contributed by atoms with Crippen LogP contribution in [0.5, 0.6) is 0 Å². The third kappa shape index (κ3) is 0.956. The van der Waals surface area contributed by atoms with Crippen LogP contribution in [-0.2, 0) is 0 Å². The minimum Gasteiger partial charge on any atom is -0.254 e. The molecule has 3 aromatic rings. The number of benzene rings is 1. The number of fused-ring (bicyclic) bond motifs is 3. The van der Waals surface area contributed by atoms with Crippen molar-refractivity contribution < 1.29 is 0 Å². The molecule has 0 saturated heterocycles. The van der Waals surface area contributed by atoms with E-state index in [0.717, 1.165) is 21.9 Å². The van der Waals surface area contributed by atoms with Gasteiger partial charge in [-0.05, 0) is 18.2 Å². The Kier molecular flexibility index (Phi) is 1.44. The molecule has 1 aromatic carbocycles. The van der Waals surface area contributed by atoms with Crippen LogP contribution in [0.4, 0.5) is 0 Å². The molecule has 0 radical (unpaired) electrons. The second-order valence-electron chi connectivity index (χ2n) is 3.09. The summed E-state index contributed by atoms with van der Waals surface area (Å²) in [5, 5.41) is 9.27. The normalized spacial score (nSPS) is 10.9. The molecule has 0 fully saturated rings. The van der Waals surface area contributed by atoms with Crippen LogP contribution in [0.25, 0.3) is 21.9 Å². The van der Waals surface area contributed by atoms with Gasteiger partial charge in [-0.2, -0.15) is 0 Å². The summed E-state index contributed by atoms with van der Waals surface area (Å²) < 4.78 is 0. The van der Waals surface area contributed by atoms with E-state index in [0.29, 0.717) is 0 Å². The highest BCUT2D eigenvalue weighted by Gasteiger charge is 2.01. The molecule has 2 aromatic heterocycles. The molecule has 0 atom stereocenters. The van der Waals surface area contributed by atoms with Crippen LogP contribution in [0.3, 0.4) is 0 Å². The van der Waals surface area contributed by atoms with Crippen LogP contribution in [0.15, 0.2) is 42.6 Å². The van der Waals surface area contributed by atoms with Gasteiger partial charge in [-0.3, -0.25) is 4.98 Å². The summed E-state index contributed by atoms with van der Waals surface area (Å²) in [6.45, 7) is 0. The quantitative estimate of drug-likeness (QED) is 0.499. The Bertz CT molecular complexity index is 550. The second kappa shape index (κ2) is 2.73. The summed E-state index contributed by atoms with van der Waals surface area (Å²) in [5.41, 5.74) is 2.64. The van der Waals surface area contributed by atoms with E-state index in [-0.39, 0.29) is 0 Å². The number of hydrogen-bond donors (Lipinski definition) is 0. The van der Waals surface area contributed by atoms with E-state index in [9.17, 15) is 0 Å². The number of nitrogens with zero attached hydrogens (tertiary/aromatic N) is 3. The van der Waals surface area contributed by atoms with E-state index in [1.165, 1.54) is 0 Å². The minimum absolute atomic E-state index is 0.839. The summed E-state index contributed by atoms with van der Waals surface area (Å²) in [6.07, 6.45) is 1.77. The first-order valence-corrected chi connectivity index (χ1v) is 4.41. The van der Waals surface area contributed by atoms with Crippen molar-refractivity contribution >= 4 is 21.9 Å². The maximum Gasteiger partial charge on any atom is 0.112 e. The maximum absolute atomic E-state index is 4.31. The lowest BCUT2D eigenvalue weighted by Crippen LogP contribution is -1.88. The molecular formula is C11H7N3. The number of aromatic nitrogens is 3. The van der Waals surface area contributed by atoms with E-state index < -0.39 is 0 Å². The molecule has 66 valence electrons. The van der Waals surface area contributed by atoms with Crippen molar-refractivity contribution in [2.45, 2.75) is 0 Å². The van der Waals surface area contributed by atoms with E-state index in [4.69, 9.17) is 0 Å². The molecule has 0 aliphatic rings. The Morgan fingerprint density at radius 3 is 2.57 bits per heavy atom. The summed E-state index contributed by atoms with van der Waals surface area (Å²) in [4.78, 5) is 4.31. The molecular weight excluding hydrogens is 174 g/mol. The van der Waals surface area contributed by atoms with Crippen molar-refractivity contribution in [1.82, 2.24) is 15.2 Å². The minimum atomic E-state index is 0.839. The molecule has 2 heterocycles. The van der Waals surface area contributed by atoms with Crippen LogP contribution >= 0.6 is 0 Å². The molecule has 0 aliphatic heterocycles. The molecule has 0 N–H and O–H groups in total. The molecule has 0 saturated carbocycles. The fourth-order valence-corrected chi connectivity index (χ4v) is 1.55. The van der Waals surface area contributed by atoms with E-state index in [2.05, 4.69) is 15.2 Å². The predicted octanol–water partition coefficient (Wildman–Crippen LogP) is 2.18. The van der Waals surface area contributed by atoms with Gasteiger partial charge in [0.25, 0.3) is 0 Å². The van der Waals surface area contributed by atoms with Gasteiger partial charge in [-0.1, -0.05) is 18.2 Å². The van der Waals surface area contributed by atoms with Gasteiger partial charge in [-0.15, -0.1) is 10.2 Å². The smallest absolute Gasteiger partial charge is 0.112 e. The lowest BCUT2D eigenvalue weighted by molar-refractivity contribution is 1.11. The Labute approximate surface area is 80.4 Å². The average Bonchev–Trinajstić information content (AvgIpc) is 2.29. The summed E-state index contributed by atoms with van der Waals surface area (Å²) in [5.74, 6) is 0. The van der Waals surface area contributed by atoms with Crippen molar-refractivity contribution in [2.75, 3.05) is 0 Å². The number of pyridine rings is 1. The Hall–Kier alpha value is -2.03. The zero-order valence-electron chi connectivity index (χ0n) is 7.38. The molecule has 0 spiro atoms. The number of hydrogen-bond acceptors (Lipinski definition) is 3. The van der Waals surface area contributed by atoms with Crippen LogP contribution in [0.2, 0.25) is 0 Å². The maximum atomic E-state index is 4.31. The molecule has 14 heavy (non-hydrogen) atoms. The van der Waals surface area contributed by atoms with Gasteiger partial charge in [0.1, 0.15) is 5.52 Å². The summed E-state index contributed by atoms with van der Waals surface area (Å²) in [7, 11) is 0. The monoisotopic (exact) mass is 181 g/mol. The first kappa shape index (κ1) is 7.38. The predicted molar refractivity (Wildman–Crippen MR) is 54.8 cm³/mol. The van der Waals surface area contributed by atoms with E-state index >= 15 is 0 Å². The average molecular weight is 181 g/mol. The second-order valence-corrected chi connectivity index (χ2v) is 3.09. The summed E-state index contributed by atoms with van der Waals surface area (Å²) >= 11 is 0. The molecule has 3 nitrogen and oxygen atoms in total. The molecule has 0 bridgehead atoms. The number of rotatable bonds is 0. The zero-order chi connectivity index (χ0) is 9.38. The topological polar surface area (TPSA) is 38.7 Å². The van der Waals surface area contributed by atoms with Crippen molar-refractivity contribution in [3.8, 4) is 0 Å². The van der Waals surface area contributed by atoms with Crippen molar-refractivity contribution in [3.63, 3.8) is 0 Å². The zero-order valence-corrected chi connectivity index (χ0v) is 7.38. The molecule has 0 unspecified atom stereocenters. The third-order valence-corrected chi connectivity index (χ3v) is 2.21. The molecule has 0 amide bonds. The Morgan fingerprint density at radius 2 is 1.57 bits per heavy atom. The fraction of sp³-hybridized carbons (Fsp3) is 0. The van der Waals surface area contributed by atoms with Gasteiger partial charge >= 0.3 is 0 Å². The fourth-order valence-electron chi connectivity index (χ4n) is 1.55. The Morgan fingerprint density at radius 1 is 0.786 bits per heavy atom. The lowest BCUT2D eigenvalue weighted by Gasteiger charge is -1.99. The van der Waals surface area contributed by atoms with Gasteiger partial charge in [-0.25, -0.2) is 0 Å². The highest BCUT2D eigenvalue weighted by Crippen LogP contribution is 2.18. The van der Waals surface area contributed by atoms with Gasteiger partial charge in [0, 0.05) is 11.6 Å². The first-order chi connectivity index (χ1) is 6.95. The van der Waals surface area contributed by atoms with Gasteiger partial charge in [0.2, 0.25) is 0 Å². The molecule has 3 rings (SSSR count). The van der Waals surface area contributed by atoms with Crippen LogP contribution < -0.4 is 0 Å². The van der Waals surface area contributed by atoms with Crippen LogP contribution in [0, 0.1) is 0 Å². The van der Waals surface area contributed by atoms with Gasteiger partial charge in [0.05, 0.1) is 11.0 Å². The first-order valence-electron chi connectivity index (χ1n) is 4.41. The highest BCUT2D eigenvalue weighted by molar-refractivity contribution is 6.00. The van der Waals surface area contributed by atoms with E-state index in [1.807, 2.05) is 36.4 Å². The molecule has 3 heteroatoms. The highest BCUT2D eigenvalue weighted by atomic mass is 15.1. The summed E-state index contributed by atoms with van der Waals surface area (Å²) in [6, 6.07) is 11.7. The molecule has 0 aliphatic carbocycles. The van der Waals surface area contributed by atoms with Crippen molar-refractivity contribution in [3.05, 3.63) is 42.6 Å². The van der Waals surface area contributed by atoms with Gasteiger partial charge in [0.15, 0.2) is 0 Å². The standard InChI is InChI=1S/C11H7N3/c1-2-5-9-8(4-1)11-10(14-13-9)6-3-7-12-11/h1-7H. The SMILES string of the molecule is c1ccc2c(c1)nnc1cccnc12. The van der Waals surface area contributed by atoms with Crippen LogP contribution in [0.1, 0.15) is 0 Å². The van der Waals surface area contributed by atoms with Gasteiger partial charge < -0.3 is 0 Å². The van der Waals surface area contributed by atoms with Crippen molar-refractivity contribution in [2.24, 2.45) is 0 Å². The van der Waals surface area contributed by atoms with Crippen LogP contribution in [-0.4, -0.2) is 15.2 Å².